The molecule has 4 aliphatic carbocycles. The lowest BCUT2D eigenvalue weighted by Crippen LogP contribution is -2.62. The summed E-state index contributed by atoms with van der Waals surface area (Å²) in [5.74, 6) is -2.41. The van der Waals surface area contributed by atoms with E-state index >= 15 is 4.39 Å². The fourth-order valence-electron chi connectivity index (χ4n) is 8.44. The van der Waals surface area contributed by atoms with Crippen LogP contribution in [0.2, 0.25) is 0 Å². The van der Waals surface area contributed by atoms with Crippen molar-refractivity contribution in [3.05, 3.63) is 11.6 Å². The first-order valence-corrected chi connectivity index (χ1v) is 13.2. The lowest BCUT2D eigenvalue weighted by atomic mass is 9.43. The van der Waals surface area contributed by atoms with Crippen LogP contribution in [-0.2, 0) is 28.7 Å². The summed E-state index contributed by atoms with van der Waals surface area (Å²) in [5.41, 5.74) is -1.79. The van der Waals surface area contributed by atoms with E-state index in [0.29, 0.717) is 38.5 Å². The van der Waals surface area contributed by atoms with Crippen LogP contribution < -0.4 is 0 Å². The minimum Gasteiger partial charge on any atom is -0.465 e. The summed E-state index contributed by atoms with van der Waals surface area (Å²) >= 11 is 0. The van der Waals surface area contributed by atoms with Crippen molar-refractivity contribution in [1.29, 1.82) is 0 Å². The van der Waals surface area contributed by atoms with Gasteiger partial charge in [0.1, 0.15) is 12.3 Å². The fraction of sp³-hybridized carbons (Fsp3) is 0.786. The zero-order valence-electron chi connectivity index (χ0n) is 21.8. The zero-order valence-corrected chi connectivity index (χ0v) is 21.8. The van der Waals surface area contributed by atoms with Gasteiger partial charge in [-0.2, -0.15) is 0 Å². The normalized spacial score (nSPS) is 41.4. The number of carbonyl (C=O) groups is 4. The average molecular weight is 507 g/mol. The number of carbonyl (C=O) groups excluding carboxylic acids is 4. The molecule has 0 aromatic rings. The highest BCUT2D eigenvalue weighted by molar-refractivity contribution is 5.92. The maximum atomic E-state index is 17.4. The van der Waals surface area contributed by atoms with Crippen molar-refractivity contribution in [2.45, 2.75) is 78.3 Å². The number of ether oxygens (including phenoxy) is 2. The van der Waals surface area contributed by atoms with Crippen LogP contribution in [0, 0.1) is 40.4 Å². The predicted molar refractivity (Wildman–Crippen MR) is 128 cm³/mol. The molecule has 0 bridgehead atoms. The van der Waals surface area contributed by atoms with Gasteiger partial charge in [-0.3, -0.25) is 19.2 Å². The molecule has 8 heteroatoms. The van der Waals surface area contributed by atoms with E-state index in [-0.39, 0.29) is 61.5 Å². The smallest absolute Gasteiger partial charge is 0.308 e. The second-order valence-electron chi connectivity index (χ2n) is 12.0. The van der Waals surface area contributed by atoms with E-state index in [9.17, 15) is 19.2 Å². The number of rotatable bonds is 7. The highest BCUT2D eigenvalue weighted by Gasteiger charge is 2.70. The molecule has 7 nitrogen and oxygen atoms in total. The zero-order chi connectivity index (χ0) is 26.5. The van der Waals surface area contributed by atoms with Gasteiger partial charge in [0, 0.05) is 30.6 Å². The Morgan fingerprint density at radius 1 is 1.11 bits per heavy atom. The van der Waals surface area contributed by atoms with E-state index in [4.69, 9.17) is 14.6 Å². The lowest BCUT2D eigenvalue weighted by Gasteiger charge is -2.62. The van der Waals surface area contributed by atoms with Crippen molar-refractivity contribution >= 4 is 23.5 Å². The first-order valence-electron chi connectivity index (χ1n) is 13.2. The lowest BCUT2D eigenvalue weighted by molar-refractivity contribution is -0.162. The Kier molecular flexibility index (Phi) is 7.23. The van der Waals surface area contributed by atoms with Crippen LogP contribution in [0.1, 0.15) is 72.6 Å². The number of aliphatic hydroxyl groups excluding tert-OH is 1. The molecule has 0 aromatic heterocycles. The van der Waals surface area contributed by atoms with Gasteiger partial charge in [-0.15, -0.1) is 0 Å². The highest BCUT2D eigenvalue weighted by atomic mass is 19.1. The average Bonchev–Trinajstić information content (AvgIpc) is 3.11. The summed E-state index contributed by atoms with van der Waals surface area (Å²) in [4.78, 5) is 49.1. The van der Waals surface area contributed by atoms with Gasteiger partial charge in [-0.25, -0.2) is 4.39 Å². The van der Waals surface area contributed by atoms with Crippen LogP contribution in [0.5, 0.6) is 0 Å². The molecule has 0 aliphatic heterocycles. The Labute approximate surface area is 212 Å². The van der Waals surface area contributed by atoms with E-state index in [0.717, 1.165) is 5.57 Å². The van der Waals surface area contributed by atoms with Crippen molar-refractivity contribution in [3.63, 3.8) is 0 Å². The predicted octanol–water partition coefficient (Wildman–Crippen LogP) is 3.76. The minimum absolute atomic E-state index is 0.0138. The van der Waals surface area contributed by atoms with E-state index < -0.39 is 34.4 Å². The molecule has 0 heterocycles. The Morgan fingerprint density at radius 2 is 1.83 bits per heavy atom. The van der Waals surface area contributed by atoms with Crippen LogP contribution in [0.25, 0.3) is 0 Å². The van der Waals surface area contributed by atoms with Crippen LogP contribution >= 0.6 is 0 Å². The summed E-state index contributed by atoms with van der Waals surface area (Å²) in [6, 6.07) is 0. The second kappa shape index (κ2) is 9.66. The molecule has 0 aromatic carbocycles. The van der Waals surface area contributed by atoms with E-state index in [1.165, 1.54) is 6.92 Å². The first kappa shape index (κ1) is 27.0. The largest absolute Gasteiger partial charge is 0.465 e. The Morgan fingerprint density at radius 3 is 2.50 bits per heavy atom. The molecule has 4 aliphatic rings. The Balaban J connectivity index is 1.68. The number of fused-ring (bicyclic) bond motifs is 5. The number of Topliss-reactive ketones (excluding diaryl/α,β-unsaturated/α-hetero) is 1. The first-order chi connectivity index (χ1) is 16.9. The number of hydrogen-bond donors (Lipinski definition) is 1. The Bertz CT molecular complexity index is 975. The molecule has 0 unspecified atom stereocenters. The number of allylic oxidation sites excluding steroid dienone is 1. The topological polar surface area (TPSA) is 107 Å². The fourth-order valence-corrected chi connectivity index (χ4v) is 8.44. The molecule has 0 saturated heterocycles. The number of esters is 2. The molecule has 1 N–H and O–H groups in total. The van der Waals surface area contributed by atoms with E-state index in [1.54, 1.807) is 6.08 Å². The maximum Gasteiger partial charge on any atom is 0.308 e. The third-order valence-electron chi connectivity index (χ3n) is 10.1. The van der Waals surface area contributed by atoms with Gasteiger partial charge in [0.05, 0.1) is 19.6 Å². The highest BCUT2D eigenvalue weighted by Crippen LogP contribution is 2.71. The summed E-state index contributed by atoms with van der Waals surface area (Å²) in [6.07, 6.45) is 4.34. The van der Waals surface area contributed by atoms with Crippen molar-refractivity contribution in [1.82, 2.24) is 0 Å². The van der Waals surface area contributed by atoms with Crippen LogP contribution in [0.3, 0.4) is 0 Å². The van der Waals surface area contributed by atoms with Crippen molar-refractivity contribution in [3.8, 4) is 0 Å². The summed E-state index contributed by atoms with van der Waals surface area (Å²) in [6.45, 7) is 6.69. The maximum absolute atomic E-state index is 17.4. The number of hydrogen-bond acceptors (Lipinski definition) is 7. The monoisotopic (exact) mass is 506 g/mol. The number of aliphatic hydroxyl groups is 1. The van der Waals surface area contributed by atoms with Crippen molar-refractivity contribution < 1.29 is 38.1 Å². The molecule has 3 saturated carbocycles. The van der Waals surface area contributed by atoms with Crippen molar-refractivity contribution in [2.75, 3.05) is 19.8 Å². The van der Waals surface area contributed by atoms with Gasteiger partial charge >= 0.3 is 11.9 Å². The number of ketones is 2. The third kappa shape index (κ3) is 4.23. The van der Waals surface area contributed by atoms with Crippen LogP contribution in [-0.4, -0.2) is 54.1 Å². The van der Waals surface area contributed by atoms with Crippen LogP contribution in [0.15, 0.2) is 11.6 Å². The summed E-state index contributed by atoms with van der Waals surface area (Å²) in [7, 11) is 0. The molecule has 4 rings (SSSR count). The van der Waals surface area contributed by atoms with Gasteiger partial charge in [0.15, 0.2) is 11.6 Å². The van der Waals surface area contributed by atoms with Gasteiger partial charge in [-0.1, -0.05) is 26.3 Å². The third-order valence-corrected chi connectivity index (χ3v) is 10.1. The van der Waals surface area contributed by atoms with E-state index in [1.807, 2.05) is 13.8 Å². The van der Waals surface area contributed by atoms with Gasteiger partial charge in [-0.05, 0) is 61.3 Å². The second-order valence-corrected chi connectivity index (χ2v) is 12.0. The van der Waals surface area contributed by atoms with Gasteiger partial charge in [0.2, 0.25) is 0 Å². The summed E-state index contributed by atoms with van der Waals surface area (Å²) < 4.78 is 27.8. The van der Waals surface area contributed by atoms with Gasteiger partial charge in [0.25, 0.3) is 0 Å². The molecular formula is C28H39FO7. The van der Waals surface area contributed by atoms with E-state index in [2.05, 4.69) is 6.92 Å². The molecule has 36 heavy (non-hydrogen) atoms. The standard InChI is InChI=1S/C28H39FO7/c1-16-11-22-21-12-18(14-36-24(34)6-10-30)25(23(33)15-35-17(2)31)26(21,3)8-9-28(22,29)27(4)7-5-19(32)13-20(16)27/h13,16,18,21-22,25,30H,5-12,14-15H2,1-4H3/t16-,18-,21-,22-,25+,26-,27-,28+/m0/s1. The molecule has 0 radical (unpaired) electrons. The number of alkyl halides is 1. The molecule has 0 amide bonds. The number of halogens is 1. The molecule has 0 spiro atoms. The molecule has 3 fully saturated rings. The quantitative estimate of drug-likeness (QED) is 0.524. The van der Waals surface area contributed by atoms with Gasteiger partial charge < -0.3 is 14.6 Å². The molecule has 8 atom stereocenters. The minimum atomic E-state index is -1.48. The SMILES string of the molecule is CC(=O)OCC(=O)[C@H]1[C@H](COC(=O)CCO)C[C@H]2[C@@H]3C[C@H](C)C4=CC(=O)CC[C@]4(C)[C@@]3(F)CC[C@@]21C. The van der Waals surface area contributed by atoms with Crippen molar-refractivity contribution in [2.24, 2.45) is 40.4 Å². The Hall–Kier alpha value is -2.09. The summed E-state index contributed by atoms with van der Waals surface area (Å²) in [5, 5.41) is 9.05. The molecule has 200 valence electrons. The van der Waals surface area contributed by atoms with Crippen LogP contribution in [0.4, 0.5) is 4.39 Å². The molecular weight excluding hydrogens is 467 g/mol.